The molecule has 1 aromatic carbocycles. The fourth-order valence-electron chi connectivity index (χ4n) is 2.13. The molecule has 3 amide bonds. The first-order chi connectivity index (χ1) is 9.69. The largest absolute Gasteiger partial charge is 0.497 e. The number of carbonyl (C=O) groups excluding carboxylic acids is 2. The number of benzene rings is 1. The minimum Gasteiger partial charge on any atom is -0.497 e. The molecule has 0 fully saturated rings. The van der Waals surface area contributed by atoms with Gasteiger partial charge in [0.2, 0.25) is 0 Å². The normalized spacial score (nSPS) is 20.9. The van der Waals surface area contributed by atoms with Crippen LogP contribution in [0.5, 0.6) is 5.75 Å². The van der Waals surface area contributed by atoms with Crippen LogP contribution in [0.2, 0.25) is 0 Å². The average Bonchev–Trinajstić information content (AvgIpc) is 2.92. The molecular formula is C14H12N2O3S. The van der Waals surface area contributed by atoms with Crippen LogP contribution in [-0.4, -0.2) is 34.9 Å². The van der Waals surface area contributed by atoms with E-state index >= 15 is 0 Å². The number of hydrogen-bond donors (Lipinski definition) is 0. The van der Waals surface area contributed by atoms with E-state index in [1.807, 2.05) is 18.2 Å². The molecule has 1 aromatic rings. The Morgan fingerprint density at radius 3 is 3.05 bits per heavy atom. The maximum absolute atomic E-state index is 12.3. The number of nitrogens with zero attached hydrogens (tertiary/aromatic N) is 2. The molecule has 0 aliphatic carbocycles. The van der Waals surface area contributed by atoms with E-state index in [-0.39, 0.29) is 17.7 Å². The quantitative estimate of drug-likeness (QED) is 0.855. The molecule has 0 saturated carbocycles. The number of fused-ring (bicyclic) bond motifs is 1. The summed E-state index contributed by atoms with van der Waals surface area (Å²) in [5.41, 5.74) is 1.38. The Bertz CT molecular complexity index is 639. The van der Waals surface area contributed by atoms with Crippen molar-refractivity contribution in [1.82, 2.24) is 4.90 Å². The molecule has 1 atom stereocenters. The lowest BCUT2D eigenvalue weighted by atomic mass is 10.1. The van der Waals surface area contributed by atoms with Crippen LogP contribution in [0.1, 0.15) is 5.56 Å². The molecule has 20 heavy (non-hydrogen) atoms. The molecular weight excluding hydrogens is 276 g/mol. The third-order valence-corrected chi connectivity index (χ3v) is 4.15. The lowest BCUT2D eigenvalue weighted by molar-refractivity contribution is -0.127. The summed E-state index contributed by atoms with van der Waals surface area (Å²) >= 11 is 1.38. The average molecular weight is 288 g/mol. The summed E-state index contributed by atoms with van der Waals surface area (Å²) in [4.78, 5) is 29.4. The summed E-state index contributed by atoms with van der Waals surface area (Å²) in [5.74, 6) is 0.485. The van der Waals surface area contributed by atoms with Crippen molar-refractivity contribution in [2.24, 2.45) is 4.99 Å². The van der Waals surface area contributed by atoms with Gasteiger partial charge in [0.1, 0.15) is 11.0 Å². The summed E-state index contributed by atoms with van der Waals surface area (Å²) in [6.07, 6.45) is 1.72. The molecule has 102 valence electrons. The molecule has 3 rings (SSSR count). The number of thioether (sulfide) groups is 1. The molecule has 0 spiro atoms. The van der Waals surface area contributed by atoms with Crippen molar-refractivity contribution in [2.75, 3.05) is 7.11 Å². The van der Waals surface area contributed by atoms with E-state index in [2.05, 4.69) is 4.99 Å². The molecule has 0 aromatic heterocycles. The molecule has 0 radical (unpaired) electrons. The van der Waals surface area contributed by atoms with Crippen molar-refractivity contribution in [2.45, 2.75) is 11.8 Å². The molecule has 1 unspecified atom stereocenters. The highest BCUT2D eigenvalue weighted by atomic mass is 32.2. The van der Waals surface area contributed by atoms with E-state index in [4.69, 9.17) is 4.74 Å². The molecule has 2 aliphatic heterocycles. The number of methoxy groups -OCH3 is 1. The summed E-state index contributed by atoms with van der Waals surface area (Å²) in [6, 6.07) is 6.79. The van der Waals surface area contributed by atoms with Gasteiger partial charge in [0.15, 0.2) is 0 Å². The van der Waals surface area contributed by atoms with Crippen LogP contribution in [0.4, 0.5) is 4.79 Å². The van der Waals surface area contributed by atoms with Crippen LogP contribution in [-0.2, 0) is 11.3 Å². The first kappa shape index (κ1) is 12.9. The summed E-state index contributed by atoms with van der Waals surface area (Å²) < 4.78 is 5.14. The second kappa shape index (κ2) is 5.13. The van der Waals surface area contributed by atoms with Crippen LogP contribution in [0.3, 0.4) is 0 Å². The third-order valence-electron chi connectivity index (χ3n) is 3.14. The van der Waals surface area contributed by atoms with Gasteiger partial charge in [0.25, 0.3) is 5.91 Å². The number of urea groups is 1. The summed E-state index contributed by atoms with van der Waals surface area (Å²) in [5, 5.41) is 1.42. The van der Waals surface area contributed by atoms with Crippen LogP contribution >= 0.6 is 11.8 Å². The van der Waals surface area contributed by atoms with E-state index in [9.17, 15) is 9.59 Å². The first-order valence-corrected chi connectivity index (χ1v) is 7.02. The Labute approximate surface area is 120 Å². The van der Waals surface area contributed by atoms with Gasteiger partial charge < -0.3 is 4.74 Å². The van der Waals surface area contributed by atoms with Gasteiger partial charge in [-0.1, -0.05) is 12.1 Å². The molecule has 0 N–H and O–H groups in total. The van der Waals surface area contributed by atoms with E-state index in [0.29, 0.717) is 11.5 Å². The van der Waals surface area contributed by atoms with Crippen LogP contribution < -0.4 is 4.74 Å². The Balaban J connectivity index is 1.84. The first-order valence-electron chi connectivity index (χ1n) is 6.08. The maximum Gasteiger partial charge on any atom is 0.350 e. The fraction of sp³-hybridized carbons (Fsp3) is 0.214. The van der Waals surface area contributed by atoms with Crippen molar-refractivity contribution in [3.8, 4) is 5.75 Å². The van der Waals surface area contributed by atoms with Crippen molar-refractivity contribution in [3.05, 3.63) is 41.3 Å². The smallest absolute Gasteiger partial charge is 0.350 e. The van der Waals surface area contributed by atoms with E-state index in [1.54, 1.807) is 24.7 Å². The second-order valence-electron chi connectivity index (χ2n) is 4.41. The molecule has 2 aliphatic rings. The highest BCUT2D eigenvalue weighted by Gasteiger charge is 2.38. The number of rotatable bonds is 3. The Kier molecular flexibility index (Phi) is 3.31. The van der Waals surface area contributed by atoms with Gasteiger partial charge >= 0.3 is 6.03 Å². The number of aliphatic imine (C=N–C) groups is 1. The van der Waals surface area contributed by atoms with Gasteiger partial charge in [-0.15, -0.1) is 11.8 Å². The number of amides is 3. The van der Waals surface area contributed by atoms with Crippen LogP contribution in [0, 0.1) is 0 Å². The van der Waals surface area contributed by atoms with Gasteiger partial charge in [-0.2, -0.15) is 4.99 Å². The fourth-order valence-corrected chi connectivity index (χ4v) is 3.02. The Hall–Kier alpha value is -2.08. The van der Waals surface area contributed by atoms with Crippen LogP contribution in [0.15, 0.2) is 40.7 Å². The Morgan fingerprint density at radius 1 is 1.40 bits per heavy atom. The van der Waals surface area contributed by atoms with Gasteiger partial charge in [0.05, 0.1) is 19.4 Å². The SMILES string of the molecule is COc1cccc(CN2C(=O)N=C3C=CSC3C2=O)c1. The minimum atomic E-state index is -0.504. The number of hydrogen-bond acceptors (Lipinski definition) is 4. The van der Waals surface area contributed by atoms with E-state index < -0.39 is 6.03 Å². The zero-order chi connectivity index (χ0) is 14.1. The lowest BCUT2D eigenvalue weighted by Gasteiger charge is -2.26. The van der Waals surface area contributed by atoms with E-state index in [0.717, 1.165) is 5.56 Å². The van der Waals surface area contributed by atoms with Crippen molar-refractivity contribution in [1.29, 1.82) is 0 Å². The highest BCUT2D eigenvalue weighted by molar-refractivity contribution is 8.04. The van der Waals surface area contributed by atoms with Crippen LogP contribution in [0.25, 0.3) is 0 Å². The minimum absolute atomic E-state index is 0.210. The number of ether oxygens (including phenoxy) is 1. The standard InChI is InChI=1S/C14H12N2O3S/c1-19-10-4-2-3-9(7-10)8-16-13(17)12-11(5-6-20-12)15-14(16)18/h2-7,12H,8H2,1H3. The Morgan fingerprint density at radius 2 is 2.25 bits per heavy atom. The molecule has 6 heteroatoms. The topological polar surface area (TPSA) is 59.0 Å². The maximum atomic E-state index is 12.3. The van der Waals surface area contributed by atoms with Gasteiger partial charge in [-0.25, -0.2) is 4.79 Å². The molecule has 5 nitrogen and oxygen atoms in total. The summed E-state index contributed by atoms with van der Waals surface area (Å²) in [7, 11) is 1.58. The van der Waals surface area contributed by atoms with Crippen molar-refractivity contribution >= 4 is 29.4 Å². The number of allylic oxidation sites excluding steroid dienone is 1. The monoisotopic (exact) mass is 288 g/mol. The van der Waals surface area contributed by atoms with Gasteiger partial charge in [-0.05, 0) is 29.2 Å². The molecule has 2 heterocycles. The predicted molar refractivity (Wildman–Crippen MR) is 76.9 cm³/mol. The molecule has 0 bridgehead atoms. The highest BCUT2D eigenvalue weighted by Crippen LogP contribution is 2.28. The second-order valence-corrected chi connectivity index (χ2v) is 5.43. The number of imide groups is 1. The third kappa shape index (κ3) is 2.22. The van der Waals surface area contributed by atoms with E-state index in [1.165, 1.54) is 16.7 Å². The molecule has 0 saturated heterocycles. The predicted octanol–water partition coefficient (Wildman–Crippen LogP) is 2.23. The lowest BCUT2D eigenvalue weighted by Crippen LogP contribution is -2.46. The summed E-state index contributed by atoms with van der Waals surface area (Å²) in [6.45, 7) is 0.211. The zero-order valence-corrected chi connectivity index (χ0v) is 11.6. The zero-order valence-electron chi connectivity index (χ0n) is 10.8. The van der Waals surface area contributed by atoms with Crippen molar-refractivity contribution in [3.63, 3.8) is 0 Å². The number of carbonyl (C=O) groups is 2. The van der Waals surface area contributed by atoms with Gasteiger partial charge in [0, 0.05) is 0 Å². The van der Waals surface area contributed by atoms with Crippen molar-refractivity contribution < 1.29 is 14.3 Å². The van der Waals surface area contributed by atoms with Gasteiger partial charge in [-0.3, -0.25) is 9.69 Å².